The highest BCUT2D eigenvalue weighted by Gasteiger charge is 2.26. The molecular weight excluding hydrogens is 460 g/mol. The summed E-state index contributed by atoms with van der Waals surface area (Å²) in [6.45, 7) is 5.96. The summed E-state index contributed by atoms with van der Waals surface area (Å²) in [4.78, 5) is 25.4. The molecule has 0 saturated carbocycles. The van der Waals surface area contributed by atoms with Gasteiger partial charge in [0.1, 0.15) is 0 Å². The van der Waals surface area contributed by atoms with Crippen LogP contribution in [0.5, 0.6) is 0 Å². The minimum atomic E-state index is -0.790. The minimum Gasteiger partial charge on any atom is -0.353 e. The number of hydrogen-bond donors (Lipinski definition) is 1. The fraction of sp³-hybridized carbons (Fsp3) is 0.667. The molecular formula is C18H25ClN8O2S2. The maximum Gasteiger partial charge on any atom is 0.229 e. The van der Waals surface area contributed by atoms with Crippen LogP contribution in [0, 0.1) is 0 Å². The molecule has 31 heavy (non-hydrogen) atoms. The molecule has 0 radical (unpaired) electrons. The van der Waals surface area contributed by atoms with Gasteiger partial charge in [-0.15, -0.1) is 0 Å². The second-order valence-corrected chi connectivity index (χ2v) is 11.5. The van der Waals surface area contributed by atoms with Crippen molar-refractivity contribution in [3.05, 3.63) is 5.15 Å². The summed E-state index contributed by atoms with van der Waals surface area (Å²) in [7, 11) is -1.58. The van der Waals surface area contributed by atoms with Crippen molar-refractivity contribution < 1.29 is 8.42 Å². The van der Waals surface area contributed by atoms with Gasteiger partial charge in [-0.05, 0) is 0 Å². The van der Waals surface area contributed by atoms with E-state index in [1.165, 1.54) is 0 Å². The molecule has 3 aliphatic rings. The smallest absolute Gasteiger partial charge is 0.229 e. The maximum absolute atomic E-state index is 11.9. The number of hydrogen-bond acceptors (Lipinski definition) is 10. The zero-order chi connectivity index (χ0) is 21.4. The molecule has 0 bridgehead atoms. The first-order valence-electron chi connectivity index (χ1n) is 10.5. The Balaban J connectivity index is 1.58. The molecule has 0 unspecified atom stereocenters. The number of nitrogens with zero attached hydrogens (tertiary/aromatic N) is 7. The first-order valence-corrected chi connectivity index (χ1v) is 13.8. The highest BCUT2D eigenvalue weighted by atomic mass is 35.5. The van der Waals surface area contributed by atoms with E-state index in [1.807, 2.05) is 4.90 Å². The van der Waals surface area contributed by atoms with Gasteiger partial charge in [0.05, 0.1) is 0 Å². The minimum absolute atomic E-state index is 0.306. The van der Waals surface area contributed by atoms with Crippen LogP contribution in [0.15, 0.2) is 0 Å². The van der Waals surface area contributed by atoms with Crippen molar-refractivity contribution in [3.63, 3.8) is 0 Å². The first-order chi connectivity index (χ1) is 15.1. The third kappa shape index (κ3) is 4.48. The number of nitrogens with one attached hydrogen (secondary N) is 1. The topological polar surface area (TPSA) is 107 Å². The molecule has 0 aromatic carbocycles. The summed E-state index contributed by atoms with van der Waals surface area (Å²) in [5, 5.41) is 3.66. The van der Waals surface area contributed by atoms with Gasteiger partial charge in [0.2, 0.25) is 5.95 Å². The van der Waals surface area contributed by atoms with E-state index < -0.39 is 21.6 Å². The molecule has 3 saturated heterocycles. The Morgan fingerprint density at radius 1 is 0.710 bits per heavy atom. The lowest BCUT2D eigenvalue weighted by Crippen LogP contribution is -2.44. The van der Waals surface area contributed by atoms with Gasteiger partial charge in [-0.2, -0.15) is 9.97 Å². The van der Waals surface area contributed by atoms with Crippen LogP contribution in [0.1, 0.15) is 0 Å². The Kier molecular flexibility index (Phi) is 6.22. The predicted molar refractivity (Wildman–Crippen MR) is 125 cm³/mol. The molecule has 13 heteroatoms. The quantitative estimate of drug-likeness (QED) is 0.619. The lowest BCUT2D eigenvalue weighted by molar-refractivity contribution is 0.580. The monoisotopic (exact) mass is 484 g/mol. The molecule has 10 nitrogen and oxygen atoms in total. The molecule has 3 aliphatic heterocycles. The Morgan fingerprint density at radius 2 is 1.29 bits per heavy atom. The molecule has 5 rings (SSSR count). The molecule has 0 aliphatic carbocycles. The average molecular weight is 485 g/mol. The van der Waals surface area contributed by atoms with Gasteiger partial charge in [0.25, 0.3) is 0 Å². The van der Waals surface area contributed by atoms with Crippen LogP contribution in [0.3, 0.4) is 0 Å². The molecule has 0 atom stereocenters. The van der Waals surface area contributed by atoms with Crippen molar-refractivity contribution in [2.75, 3.05) is 90.1 Å². The van der Waals surface area contributed by atoms with Crippen molar-refractivity contribution in [2.24, 2.45) is 0 Å². The summed E-state index contributed by atoms with van der Waals surface area (Å²) >= 11 is 6.56. The number of rotatable bonds is 3. The largest absolute Gasteiger partial charge is 0.353 e. The van der Waals surface area contributed by atoms with E-state index in [0.29, 0.717) is 83.1 Å². The lowest BCUT2D eigenvalue weighted by Gasteiger charge is -2.31. The Labute approximate surface area is 190 Å². The molecule has 1 N–H and O–H groups in total. The van der Waals surface area contributed by atoms with Gasteiger partial charge in [-0.1, -0.05) is 11.6 Å². The van der Waals surface area contributed by atoms with Crippen molar-refractivity contribution in [3.8, 4) is 0 Å². The summed E-state index contributed by atoms with van der Waals surface area (Å²) in [6, 6.07) is 0. The van der Waals surface area contributed by atoms with Crippen LogP contribution < -0.4 is 20.0 Å². The Morgan fingerprint density at radius 3 is 1.90 bits per heavy atom. The van der Waals surface area contributed by atoms with Crippen molar-refractivity contribution in [1.29, 1.82) is 0 Å². The van der Waals surface area contributed by atoms with Crippen LogP contribution >= 0.6 is 11.6 Å². The molecule has 0 spiro atoms. The standard InChI is InChI=1S/C18H25ClN8O2S2/c19-14-17(26-7-11-31(29)12-8-26)22-15-13(21-14)16(25-5-9-30(28)10-6-25)24-18(23-15)27-3-1-20-2-4-27/h20H,1-12H2. The molecule has 0 amide bonds. The SMILES string of the molecule is O=S1CCN(c2nc3nc(N4CCNCC4)nc(N4CCS(=O)CC4)c3nc2Cl)CC1. The molecule has 2 aromatic heterocycles. The zero-order valence-corrected chi connectivity index (χ0v) is 19.5. The van der Waals surface area contributed by atoms with E-state index in [0.717, 1.165) is 26.2 Å². The Hall–Kier alpha value is -1.63. The van der Waals surface area contributed by atoms with Gasteiger partial charge in [0, 0.05) is 97.0 Å². The molecule has 2 aromatic rings. The van der Waals surface area contributed by atoms with E-state index in [1.54, 1.807) is 0 Å². The Bertz CT molecular complexity index is 1020. The summed E-state index contributed by atoms with van der Waals surface area (Å²) < 4.78 is 23.6. The first kappa shape index (κ1) is 21.2. The van der Waals surface area contributed by atoms with Crippen molar-refractivity contribution in [2.45, 2.75) is 0 Å². The fourth-order valence-electron chi connectivity index (χ4n) is 4.02. The second-order valence-electron chi connectivity index (χ2n) is 7.76. The average Bonchev–Trinajstić information content (AvgIpc) is 2.80. The highest BCUT2D eigenvalue weighted by molar-refractivity contribution is 7.85. The van der Waals surface area contributed by atoms with E-state index >= 15 is 0 Å². The van der Waals surface area contributed by atoms with Gasteiger partial charge in [-0.25, -0.2) is 9.97 Å². The molecule has 3 fully saturated rings. The van der Waals surface area contributed by atoms with E-state index in [9.17, 15) is 8.42 Å². The van der Waals surface area contributed by atoms with Gasteiger partial charge in [-0.3, -0.25) is 8.42 Å². The zero-order valence-electron chi connectivity index (χ0n) is 17.1. The highest BCUT2D eigenvalue weighted by Crippen LogP contribution is 2.31. The summed E-state index contributed by atoms with van der Waals surface area (Å²) in [5.41, 5.74) is 1.08. The van der Waals surface area contributed by atoms with Crippen LogP contribution in [0.4, 0.5) is 17.6 Å². The fourth-order valence-corrected chi connectivity index (χ4v) is 6.37. The number of aromatic nitrogens is 4. The van der Waals surface area contributed by atoms with Crippen molar-refractivity contribution in [1.82, 2.24) is 25.3 Å². The van der Waals surface area contributed by atoms with Crippen LogP contribution in [0.2, 0.25) is 5.15 Å². The second kappa shape index (κ2) is 9.08. The summed E-state index contributed by atoms with van der Waals surface area (Å²) in [5.74, 6) is 4.34. The molecule has 168 valence electrons. The van der Waals surface area contributed by atoms with Gasteiger partial charge in [0.15, 0.2) is 28.0 Å². The number of anilines is 3. The van der Waals surface area contributed by atoms with Gasteiger partial charge < -0.3 is 20.0 Å². The normalized spacial score (nSPS) is 21.8. The van der Waals surface area contributed by atoms with E-state index in [-0.39, 0.29) is 0 Å². The molecule has 5 heterocycles. The van der Waals surface area contributed by atoms with Crippen LogP contribution in [0.25, 0.3) is 11.2 Å². The number of piperazine rings is 1. The number of fused-ring (bicyclic) bond motifs is 1. The van der Waals surface area contributed by atoms with Gasteiger partial charge >= 0.3 is 0 Å². The third-order valence-corrected chi connectivity index (χ3v) is 8.60. The predicted octanol–water partition coefficient (Wildman–Crippen LogP) is -0.380. The van der Waals surface area contributed by atoms with Crippen molar-refractivity contribution >= 4 is 61.9 Å². The van der Waals surface area contributed by atoms with E-state index in [4.69, 9.17) is 26.6 Å². The third-order valence-electron chi connectivity index (χ3n) is 5.80. The summed E-state index contributed by atoms with van der Waals surface area (Å²) in [6.07, 6.45) is 0. The number of halogens is 1. The van der Waals surface area contributed by atoms with Crippen LogP contribution in [-0.4, -0.2) is 104 Å². The lowest BCUT2D eigenvalue weighted by atomic mass is 10.3. The van der Waals surface area contributed by atoms with E-state index in [2.05, 4.69) is 20.1 Å². The van der Waals surface area contributed by atoms with Crippen LogP contribution in [-0.2, 0) is 21.6 Å². The maximum atomic E-state index is 11.9.